The number of nitrogens with zero attached hydrogens (tertiary/aromatic N) is 2. The minimum Gasteiger partial charge on any atom is -0.507 e. The first-order chi connectivity index (χ1) is 16.9. The topological polar surface area (TPSA) is 74.0 Å². The third kappa shape index (κ3) is 4.42. The van der Waals surface area contributed by atoms with Crippen molar-refractivity contribution in [1.29, 1.82) is 0 Å². The molecule has 35 heavy (non-hydrogen) atoms. The highest BCUT2D eigenvalue weighted by Gasteiger charge is 2.50. The van der Waals surface area contributed by atoms with E-state index < -0.39 is 17.7 Å². The predicted molar refractivity (Wildman–Crippen MR) is 134 cm³/mol. The van der Waals surface area contributed by atoms with Gasteiger partial charge in [0.2, 0.25) is 0 Å². The normalized spacial score (nSPS) is 21.1. The Morgan fingerprint density at radius 1 is 1.00 bits per heavy atom. The third-order valence-electron chi connectivity index (χ3n) is 7.14. The number of Topliss-reactive ketones (excluding diaryl/α,β-unsaturated/α-hetero) is 1. The van der Waals surface area contributed by atoms with Crippen LogP contribution in [-0.4, -0.2) is 45.7 Å². The lowest BCUT2D eigenvalue weighted by Gasteiger charge is -2.38. The van der Waals surface area contributed by atoms with E-state index in [-0.39, 0.29) is 17.4 Å². The van der Waals surface area contributed by atoms with Crippen LogP contribution in [0.2, 0.25) is 0 Å². The minimum atomic E-state index is -0.740. The van der Waals surface area contributed by atoms with Gasteiger partial charge in [0.1, 0.15) is 17.6 Å². The number of likely N-dealkylation sites (tertiary alicyclic amines) is 2. The molecule has 0 bridgehead atoms. The zero-order chi connectivity index (χ0) is 24.5. The standard InChI is InChI=1S/C29H30N2O4/c1-19-10-11-20(2)23(17-19)27(32)25-26(24-9-6-16-35-24)31(29(34)28(25)33)22-12-14-30(15-13-22)18-21-7-4-3-5-8-21/h3-11,16-17,22,26,32H,12-15,18H2,1-2H3/b27-25-. The van der Waals surface area contributed by atoms with E-state index in [9.17, 15) is 14.7 Å². The first-order valence-corrected chi connectivity index (χ1v) is 12.1. The molecular formula is C29H30N2O4. The summed E-state index contributed by atoms with van der Waals surface area (Å²) in [6.07, 6.45) is 3.04. The molecular weight excluding hydrogens is 440 g/mol. The highest BCUT2D eigenvalue weighted by molar-refractivity contribution is 6.46. The van der Waals surface area contributed by atoms with E-state index >= 15 is 0 Å². The summed E-state index contributed by atoms with van der Waals surface area (Å²) in [5.74, 6) is -0.881. The Kier molecular flexibility index (Phi) is 6.31. The van der Waals surface area contributed by atoms with Gasteiger partial charge in [0, 0.05) is 31.2 Å². The van der Waals surface area contributed by atoms with Crippen LogP contribution in [0.3, 0.4) is 0 Å². The molecule has 0 saturated carbocycles. The molecule has 2 aromatic carbocycles. The summed E-state index contributed by atoms with van der Waals surface area (Å²) in [6.45, 7) is 6.33. The molecule has 2 aliphatic heterocycles. The average Bonchev–Trinajstić information content (AvgIpc) is 3.48. The number of carbonyl (C=O) groups is 2. The van der Waals surface area contributed by atoms with Crippen molar-refractivity contribution >= 4 is 17.4 Å². The van der Waals surface area contributed by atoms with Gasteiger partial charge in [-0.25, -0.2) is 0 Å². The Bertz CT molecular complexity index is 1260. The lowest BCUT2D eigenvalue weighted by molar-refractivity contribution is -0.142. The molecule has 0 spiro atoms. The highest BCUT2D eigenvalue weighted by Crippen LogP contribution is 2.42. The molecule has 1 amide bonds. The number of carbonyl (C=O) groups excluding carboxylic acids is 2. The fourth-order valence-electron chi connectivity index (χ4n) is 5.29. The van der Waals surface area contributed by atoms with Crippen LogP contribution in [0.25, 0.3) is 5.76 Å². The molecule has 0 radical (unpaired) electrons. The fourth-order valence-corrected chi connectivity index (χ4v) is 5.29. The molecule has 1 unspecified atom stereocenters. The first-order valence-electron chi connectivity index (χ1n) is 12.1. The molecule has 2 saturated heterocycles. The largest absolute Gasteiger partial charge is 0.507 e. The molecule has 6 heteroatoms. The van der Waals surface area contributed by atoms with Gasteiger partial charge in [-0.2, -0.15) is 0 Å². The predicted octanol–water partition coefficient (Wildman–Crippen LogP) is 4.98. The lowest BCUT2D eigenvalue weighted by atomic mass is 9.95. The van der Waals surface area contributed by atoms with Crippen molar-refractivity contribution < 1.29 is 19.1 Å². The second-order valence-corrected chi connectivity index (χ2v) is 9.53. The van der Waals surface area contributed by atoms with Crippen LogP contribution < -0.4 is 0 Å². The third-order valence-corrected chi connectivity index (χ3v) is 7.14. The van der Waals surface area contributed by atoms with Crippen LogP contribution in [0.15, 0.2) is 76.9 Å². The van der Waals surface area contributed by atoms with Crippen LogP contribution in [-0.2, 0) is 16.1 Å². The van der Waals surface area contributed by atoms with Crippen molar-refractivity contribution in [1.82, 2.24) is 9.80 Å². The van der Waals surface area contributed by atoms with Crippen LogP contribution >= 0.6 is 0 Å². The summed E-state index contributed by atoms with van der Waals surface area (Å²) in [5, 5.41) is 11.3. The van der Waals surface area contributed by atoms with Crippen molar-refractivity contribution in [2.75, 3.05) is 13.1 Å². The van der Waals surface area contributed by atoms with Gasteiger partial charge in [-0.05, 0) is 56.0 Å². The number of amides is 1. The molecule has 1 N–H and O–H groups in total. The summed E-state index contributed by atoms with van der Waals surface area (Å²) < 4.78 is 5.70. The van der Waals surface area contributed by atoms with Gasteiger partial charge in [0.25, 0.3) is 11.7 Å². The fraction of sp³-hybridized carbons (Fsp3) is 0.310. The molecule has 5 rings (SSSR count). The number of benzene rings is 2. The van der Waals surface area contributed by atoms with Gasteiger partial charge in [-0.3, -0.25) is 14.5 Å². The van der Waals surface area contributed by atoms with Crippen molar-refractivity contribution in [3.05, 3.63) is 101 Å². The van der Waals surface area contributed by atoms with Crippen LogP contribution in [0.5, 0.6) is 0 Å². The maximum atomic E-state index is 13.4. The molecule has 1 atom stereocenters. The number of aliphatic hydroxyl groups excluding tert-OH is 1. The quantitative estimate of drug-likeness (QED) is 0.323. The second kappa shape index (κ2) is 9.55. The first kappa shape index (κ1) is 23.1. The Morgan fingerprint density at radius 3 is 2.43 bits per heavy atom. The van der Waals surface area contributed by atoms with Crippen molar-refractivity contribution in [2.24, 2.45) is 0 Å². The number of aliphatic hydroxyl groups is 1. The van der Waals surface area contributed by atoms with Gasteiger partial charge >= 0.3 is 0 Å². The molecule has 0 aliphatic carbocycles. The van der Waals surface area contributed by atoms with Crippen LogP contribution in [0, 0.1) is 13.8 Å². The van der Waals surface area contributed by atoms with Gasteiger partial charge in [0.15, 0.2) is 0 Å². The molecule has 1 aromatic heterocycles. The minimum absolute atomic E-state index is 0.102. The number of hydrogen-bond donors (Lipinski definition) is 1. The number of piperidine rings is 1. The Balaban J connectivity index is 1.46. The Hall–Kier alpha value is -3.64. The van der Waals surface area contributed by atoms with Gasteiger partial charge in [0.05, 0.1) is 11.8 Å². The smallest absolute Gasteiger partial charge is 0.296 e. The summed E-state index contributed by atoms with van der Waals surface area (Å²) in [5.41, 5.74) is 3.73. The van der Waals surface area contributed by atoms with Gasteiger partial charge in [-0.15, -0.1) is 0 Å². The average molecular weight is 471 g/mol. The van der Waals surface area contributed by atoms with E-state index in [1.54, 1.807) is 17.0 Å². The monoisotopic (exact) mass is 470 g/mol. The summed E-state index contributed by atoms with van der Waals surface area (Å²) in [7, 11) is 0. The maximum Gasteiger partial charge on any atom is 0.296 e. The molecule has 2 fully saturated rings. The van der Waals surface area contributed by atoms with E-state index in [1.807, 2.05) is 50.2 Å². The van der Waals surface area contributed by atoms with Crippen molar-refractivity contribution in [3.63, 3.8) is 0 Å². The van der Waals surface area contributed by atoms with Crippen LogP contribution in [0.4, 0.5) is 0 Å². The number of ketones is 1. The molecule has 180 valence electrons. The zero-order valence-electron chi connectivity index (χ0n) is 20.1. The number of hydrogen-bond acceptors (Lipinski definition) is 5. The van der Waals surface area contributed by atoms with Gasteiger partial charge < -0.3 is 14.4 Å². The van der Waals surface area contributed by atoms with Gasteiger partial charge in [-0.1, -0.05) is 48.0 Å². The number of furan rings is 1. The maximum absolute atomic E-state index is 13.4. The molecule has 3 aromatic rings. The van der Waals surface area contributed by atoms with E-state index in [1.165, 1.54) is 11.8 Å². The molecule has 2 aliphatic rings. The van der Waals surface area contributed by atoms with E-state index in [4.69, 9.17) is 4.42 Å². The summed E-state index contributed by atoms with van der Waals surface area (Å²) >= 11 is 0. The van der Waals surface area contributed by atoms with E-state index in [0.29, 0.717) is 11.3 Å². The Labute approximate surface area is 205 Å². The van der Waals surface area contributed by atoms with E-state index in [0.717, 1.165) is 43.6 Å². The highest BCUT2D eigenvalue weighted by atomic mass is 16.3. The molecule has 6 nitrogen and oxygen atoms in total. The second-order valence-electron chi connectivity index (χ2n) is 9.53. The summed E-state index contributed by atoms with van der Waals surface area (Å²) in [6, 6.07) is 18.7. The number of aryl methyl sites for hydroxylation is 2. The number of rotatable bonds is 5. The summed E-state index contributed by atoms with van der Waals surface area (Å²) in [4.78, 5) is 30.7. The Morgan fingerprint density at radius 2 is 1.74 bits per heavy atom. The van der Waals surface area contributed by atoms with Crippen molar-refractivity contribution in [3.8, 4) is 0 Å². The van der Waals surface area contributed by atoms with Crippen molar-refractivity contribution in [2.45, 2.75) is 45.3 Å². The molecule has 3 heterocycles. The lowest BCUT2D eigenvalue weighted by Crippen LogP contribution is -2.46. The zero-order valence-corrected chi connectivity index (χ0v) is 20.1. The van der Waals surface area contributed by atoms with Crippen LogP contribution in [0.1, 0.15) is 46.9 Å². The van der Waals surface area contributed by atoms with E-state index in [2.05, 4.69) is 17.0 Å². The SMILES string of the molecule is Cc1ccc(C)c(/C(O)=C2/C(=O)C(=O)N(C3CCN(Cc4ccccc4)CC3)C2c2ccco2)c1.